The molecule has 0 spiro atoms. The topological polar surface area (TPSA) is 106 Å². The van der Waals surface area contributed by atoms with Gasteiger partial charge in [0.25, 0.3) is 5.91 Å². The molecule has 1 saturated heterocycles. The van der Waals surface area contributed by atoms with E-state index in [2.05, 4.69) is 14.9 Å². The second kappa shape index (κ2) is 9.90. The van der Waals surface area contributed by atoms with Gasteiger partial charge in [0, 0.05) is 38.8 Å². The first-order valence-corrected chi connectivity index (χ1v) is 12.7. The summed E-state index contributed by atoms with van der Waals surface area (Å²) in [6.07, 6.45) is 0. The van der Waals surface area contributed by atoms with Crippen molar-refractivity contribution in [3.63, 3.8) is 0 Å². The molecule has 0 atom stereocenters. The number of hydrogen-bond donors (Lipinski definition) is 2. The fraction of sp³-hybridized carbons (Fsp3) is 0.391. The Morgan fingerprint density at radius 2 is 1.88 bits per heavy atom. The number of carbonyl (C=O) groups excluding carboxylic acids is 1. The summed E-state index contributed by atoms with van der Waals surface area (Å²) in [6, 6.07) is 12.9. The second-order valence-corrected chi connectivity index (χ2v) is 9.98. The Morgan fingerprint density at radius 1 is 1.15 bits per heavy atom. The minimum atomic E-state index is -3.51. The number of rotatable bonds is 8. The first kappa shape index (κ1) is 23.2. The first-order chi connectivity index (χ1) is 15.9. The number of anilines is 1. The van der Waals surface area contributed by atoms with Crippen LogP contribution in [-0.4, -0.2) is 73.9 Å². The van der Waals surface area contributed by atoms with Crippen LogP contribution in [0.4, 0.5) is 5.69 Å². The highest BCUT2D eigenvalue weighted by atomic mass is 32.2. The zero-order valence-corrected chi connectivity index (χ0v) is 19.7. The molecular formula is C23H29N5O4S. The largest absolute Gasteiger partial charge is 0.379 e. The minimum absolute atomic E-state index is 0.0659. The summed E-state index contributed by atoms with van der Waals surface area (Å²) in [5.74, 6) is 0.362. The number of imidazole rings is 1. The predicted molar refractivity (Wildman–Crippen MR) is 129 cm³/mol. The number of aryl methyl sites for hydroxylation is 1. The highest BCUT2D eigenvalue weighted by Gasteiger charge is 2.20. The Labute approximate surface area is 193 Å². The molecule has 0 unspecified atom stereocenters. The maximum absolute atomic E-state index is 13.2. The lowest BCUT2D eigenvalue weighted by molar-refractivity contribution is 0.0383. The summed E-state index contributed by atoms with van der Waals surface area (Å²) in [5, 5.41) is 2.98. The van der Waals surface area contributed by atoms with E-state index in [4.69, 9.17) is 9.72 Å². The third-order valence-electron chi connectivity index (χ3n) is 5.72. The predicted octanol–water partition coefficient (Wildman–Crippen LogP) is 2.06. The molecular weight excluding hydrogens is 442 g/mol. The molecule has 9 nitrogen and oxygen atoms in total. The molecule has 3 aromatic rings. The van der Waals surface area contributed by atoms with E-state index in [1.807, 2.05) is 41.9 Å². The number of carbonyl (C=O) groups is 1. The van der Waals surface area contributed by atoms with Crippen molar-refractivity contribution in [2.24, 2.45) is 7.05 Å². The van der Waals surface area contributed by atoms with Gasteiger partial charge in [-0.1, -0.05) is 30.3 Å². The number of sulfonamides is 1. The summed E-state index contributed by atoms with van der Waals surface area (Å²) in [7, 11) is -1.65. The van der Waals surface area contributed by atoms with Crippen molar-refractivity contribution in [1.29, 1.82) is 0 Å². The fourth-order valence-electron chi connectivity index (χ4n) is 3.93. The Morgan fingerprint density at radius 3 is 2.58 bits per heavy atom. The van der Waals surface area contributed by atoms with Crippen LogP contribution in [0, 0.1) is 0 Å². The number of nitrogens with zero attached hydrogens (tertiary/aromatic N) is 3. The van der Waals surface area contributed by atoms with Gasteiger partial charge < -0.3 is 14.6 Å². The molecule has 1 aliphatic heterocycles. The van der Waals surface area contributed by atoms with E-state index in [1.165, 1.54) is 0 Å². The molecule has 4 rings (SSSR count). The number of nitrogens with one attached hydrogen (secondary N) is 2. The third kappa shape index (κ3) is 5.35. The Bertz CT molecular complexity index is 1230. The van der Waals surface area contributed by atoms with Crippen LogP contribution in [0.5, 0.6) is 0 Å². The van der Waals surface area contributed by atoms with Crippen LogP contribution in [0.2, 0.25) is 0 Å². The van der Waals surface area contributed by atoms with Crippen LogP contribution in [0.15, 0.2) is 42.5 Å². The zero-order chi connectivity index (χ0) is 23.4. The molecule has 33 heavy (non-hydrogen) atoms. The van der Waals surface area contributed by atoms with E-state index in [0.29, 0.717) is 47.9 Å². The van der Waals surface area contributed by atoms with Crippen LogP contribution in [0.25, 0.3) is 22.4 Å². The van der Waals surface area contributed by atoms with Crippen molar-refractivity contribution in [3.05, 3.63) is 48.0 Å². The van der Waals surface area contributed by atoms with Gasteiger partial charge in [0.2, 0.25) is 10.0 Å². The van der Waals surface area contributed by atoms with E-state index in [1.54, 1.807) is 19.1 Å². The van der Waals surface area contributed by atoms with Gasteiger partial charge in [-0.25, -0.2) is 13.4 Å². The third-order valence-corrected chi connectivity index (χ3v) is 7.02. The van der Waals surface area contributed by atoms with Gasteiger partial charge in [-0.05, 0) is 19.1 Å². The molecule has 2 N–H and O–H groups in total. The maximum Gasteiger partial charge on any atom is 0.253 e. The molecule has 0 bridgehead atoms. The SMILES string of the molecule is CCS(=O)(=O)Nc1cc(C(=O)NCCN2CCOCC2)c2c(c1)nc(-c1ccccc1)n2C. The lowest BCUT2D eigenvalue weighted by atomic mass is 10.1. The molecule has 176 valence electrons. The van der Waals surface area contributed by atoms with Crippen LogP contribution in [0.3, 0.4) is 0 Å². The van der Waals surface area contributed by atoms with E-state index in [-0.39, 0.29) is 11.7 Å². The molecule has 1 aliphatic rings. The van der Waals surface area contributed by atoms with Crippen molar-refractivity contribution in [2.75, 3.05) is 49.9 Å². The highest BCUT2D eigenvalue weighted by molar-refractivity contribution is 7.92. The number of morpholine rings is 1. The second-order valence-electron chi connectivity index (χ2n) is 7.97. The number of ether oxygens (including phenoxy) is 1. The average molecular weight is 472 g/mol. The average Bonchev–Trinajstić information content (AvgIpc) is 3.15. The minimum Gasteiger partial charge on any atom is -0.379 e. The smallest absolute Gasteiger partial charge is 0.253 e. The lowest BCUT2D eigenvalue weighted by Gasteiger charge is -2.26. The monoisotopic (exact) mass is 471 g/mol. The van der Waals surface area contributed by atoms with Gasteiger partial charge in [-0.15, -0.1) is 0 Å². The molecule has 1 amide bonds. The maximum atomic E-state index is 13.2. The quantitative estimate of drug-likeness (QED) is 0.521. The fourth-order valence-corrected chi connectivity index (χ4v) is 4.55. The molecule has 10 heteroatoms. The molecule has 0 saturated carbocycles. The van der Waals surface area contributed by atoms with E-state index in [0.717, 1.165) is 25.2 Å². The van der Waals surface area contributed by atoms with E-state index < -0.39 is 10.0 Å². The lowest BCUT2D eigenvalue weighted by Crippen LogP contribution is -2.41. The van der Waals surface area contributed by atoms with Gasteiger partial charge in [0.05, 0.1) is 41.3 Å². The van der Waals surface area contributed by atoms with Gasteiger partial charge in [-0.3, -0.25) is 14.4 Å². The molecule has 0 radical (unpaired) electrons. The van der Waals surface area contributed by atoms with Crippen molar-refractivity contribution in [1.82, 2.24) is 19.8 Å². The highest BCUT2D eigenvalue weighted by Crippen LogP contribution is 2.29. The van der Waals surface area contributed by atoms with Crippen molar-refractivity contribution in [2.45, 2.75) is 6.92 Å². The number of amides is 1. The van der Waals surface area contributed by atoms with Gasteiger partial charge in [0.15, 0.2) is 0 Å². The Hall–Kier alpha value is -2.95. The van der Waals surface area contributed by atoms with Gasteiger partial charge in [0.1, 0.15) is 5.82 Å². The molecule has 2 heterocycles. The van der Waals surface area contributed by atoms with Gasteiger partial charge >= 0.3 is 0 Å². The summed E-state index contributed by atoms with van der Waals surface area (Å²) in [5.41, 5.74) is 2.80. The van der Waals surface area contributed by atoms with Crippen molar-refractivity contribution in [3.8, 4) is 11.4 Å². The van der Waals surface area contributed by atoms with E-state index in [9.17, 15) is 13.2 Å². The van der Waals surface area contributed by atoms with Crippen molar-refractivity contribution < 1.29 is 17.9 Å². The van der Waals surface area contributed by atoms with E-state index >= 15 is 0 Å². The Kier molecular flexibility index (Phi) is 6.96. The molecule has 1 fully saturated rings. The van der Waals surface area contributed by atoms with Crippen molar-refractivity contribution >= 4 is 32.7 Å². The summed E-state index contributed by atoms with van der Waals surface area (Å²) < 4.78 is 34.1. The van der Waals surface area contributed by atoms with Crippen LogP contribution in [-0.2, 0) is 21.8 Å². The number of benzene rings is 2. The normalized spacial score (nSPS) is 15.0. The Balaban J connectivity index is 1.68. The number of fused-ring (bicyclic) bond motifs is 1. The molecule has 2 aromatic carbocycles. The van der Waals surface area contributed by atoms with Gasteiger partial charge in [-0.2, -0.15) is 0 Å². The zero-order valence-electron chi connectivity index (χ0n) is 18.9. The first-order valence-electron chi connectivity index (χ1n) is 11.0. The number of aromatic nitrogens is 2. The van der Waals surface area contributed by atoms with Crippen LogP contribution >= 0.6 is 0 Å². The molecule has 1 aromatic heterocycles. The number of hydrogen-bond acceptors (Lipinski definition) is 6. The summed E-state index contributed by atoms with van der Waals surface area (Å²) in [6.45, 7) is 5.86. The molecule has 0 aliphatic carbocycles. The summed E-state index contributed by atoms with van der Waals surface area (Å²) >= 11 is 0. The van der Waals surface area contributed by atoms with Crippen LogP contribution in [0.1, 0.15) is 17.3 Å². The summed E-state index contributed by atoms with van der Waals surface area (Å²) in [4.78, 5) is 20.2. The standard InChI is InChI=1S/C23H29N5O4S/c1-3-33(30,31)26-18-15-19(23(29)24-9-10-28-11-13-32-14-12-28)21-20(16-18)25-22(27(21)2)17-7-5-4-6-8-17/h4-8,15-16,26H,3,9-14H2,1-2H3,(H,24,29). The van der Waals surface area contributed by atoms with Crippen LogP contribution < -0.4 is 10.0 Å².